The molecule has 1 aliphatic rings. The normalized spacial score (nSPS) is 17.3. The van der Waals surface area contributed by atoms with E-state index in [0.717, 1.165) is 52.0 Å². The topological polar surface area (TPSA) is 64.0 Å². The van der Waals surface area contributed by atoms with Gasteiger partial charge < -0.3 is 5.32 Å². The van der Waals surface area contributed by atoms with Gasteiger partial charge >= 0.3 is 0 Å². The maximum absolute atomic E-state index is 13.5. The average Bonchev–Trinajstić information content (AvgIpc) is 3.08. The van der Waals surface area contributed by atoms with E-state index in [1.165, 1.54) is 15.8 Å². The van der Waals surface area contributed by atoms with Crippen molar-refractivity contribution < 1.29 is 4.79 Å². The van der Waals surface area contributed by atoms with E-state index in [4.69, 9.17) is 0 Å². The summed E-state index contributed by atoms with van der Waals surface area (Å²) in [7, 11) is 0. The standard InChI is InChI=1S/C26H33N3O2S/c1-14-10-15(2)22(16(3)11-14)28-23(30)17(4)29-13-27-24-21(25(29)31)19-9-8-18(26(5,6)7)12-20(19)32-24/h10-11,13,17-18H,8-9,12H2,1-7H3,(H,28,30). The van der Waals surface area contributed by atoms with E-state index >= 15 is 0 Å². The van der Waals surface area contributed by atoms with Crippen LogP contribution in [-0.2, 0) is 17.6 Å². The first kappa shape index (κ1) is 22.7. The number of thiophene rings is 1. The van der Waals surface area contributed by atoms with E-state index in [9.17, 15) is 9.59 Å². The molecule has 6 heteroatoms. The molecule has 32 heavy (non-hydrogen) atoms. The van der Waals surface area contributed by atoms with E-state index in [1.54, 1.807) is 18.3 Å². The number of anilines is 1. The van der Waals surface area contributed by atoms with Crippen molar-refractivity contribution in [3.8, 4) is 0 Å². The molecule has 2 atom stereocenters. The van der Waals surface area contributed by atoms with Crippen LogP contribution in [0.2, 0.25) is 0 Å². The lowest BCUT2D eigenvalue weighted by molar-refractivity contribution is -0.118. The Hall–Kier alpha value is -2.47. The van der Waals surface area contributed by atoms with Crippen LogP contribution < -0.4 is 10.9 Å². The molecule has 0 aliphatic heterocycles. The summed E-state index contributed by atoms with van der Waals surface area (Å²) in [5.74, 6) is 0.399. The van der Waals surface area contributed by atoms with E-state index < -0.39 is 6.04 Å². The number of carbonyl (C=O) groups excluding carboxylic acids is 1. The summed E-state index contributed by atoms with van der Waals surface area (Å²) in [6, 6.07) is 3.45. The summed E-state index contributed by atoms with van der Waals surface area (Å²) in [6.07, 6.45) is 4.52. The lowest BCUT2D eigenvalue weighted by atomic mass is 9.72. The number of nitrogens with zero attached hydrogens (tertiary/aromatic N) is 2. The van der Waals surface area contributed by atoms with Gasteiger partial charge in [-0.05, 0) is 75.0 Å². The molecule has 0 saturated heterocycles. The zero-order valence-electron chi connectivity index (χ0n) is 20.1. The van der Waals surface area contributed by atoms with E-state index in [1.807, 2.05) is 20.8 Å². The maximum atomic E-state index is 13.5. The first-order chi connectivity index (χ1) is 15.0. The second kappa shape index (κ2) is 8.14. The predicted octanol–water partition coefficient (Wildman–Crippen LogP) is 5.73. The zero-order valence-corrected chi connectivity index (χ0v) is 20.9. The minimum Gasteiger partial charge on any atom is -0.324 e. The van der Waals surface area contributed by atoms with Crippen LogP contribution in [0.15, 0.2) is 23.3 Å². The highest BCUT2D eigenvalue weighted by Crippen LogP contribution is 2.42. The predicted molar refractivity (Wildman–Crippen MR) is 133 cm³/mol. The van der Waals surface area contributed by atoms with Crippen molar-refractivity contribution in [2.45, 2.75) is 73.8 Å². The molecular formula is C26H33N3O2S. The van der Waals surface area contributed by atoms with Gasteiger partial charge in [0.25, 0.3) is 5.56 Å². The van der Waals surface area contributed by atoms with Crippen molar-refractivity contribution in [1.29, 1.82) is 0 Å². The number of carbonyl (C=O) groups is 1. The lowest BCUT2D eigenvalue weighted by Gasteiger charge is -2.33. The summed E-state index contributed by atoms with van der Waals surface area (Å²) < 4.78 is 1.49. The van der Waals surface area contributed by atoms with Crippen molar-refractivity contribution in [2.24, 2.45) is 11.3 Å². The van der Waals surface area contributed by atoms with Crippen LogP contribution in [-0.4, -0.2) is 15.5 Å². The van der Waals surface area contributed by atoms with E-state index in [2.05, 4.69) is 43.2 Å². The Bertz CT molecular complexity index is 1240. The summed E-state index contributed by atoms with van der Waals surface area (Å²) >= 11 is 1.65. The second-order valence-electron chi connectivity index (χ2n) is 10.4. The fourth-order valence-electron chi connectivity index (χ4n) is 4.93. The van der Waals surface area contributed by atoms with Crippen LogP contribution >= 0.6 is 11.3 Å². The summed E-state index contributed by atoms with van der Waals surface area (Å²) in [6.45, 7) is 14.7. The molecule has 0 radical (unpaired) electrons. The van der Waals surface area contributed by atoms with Crippen molar-refractivity contribution in [3.05, 3.63) is 55.9 Å². The van der Waals surface area contributed by atoms with Gasteiger partial charge in [-0.25, -0.2) is 4.98 Å². The van der Waals surface area contributed by atoms with Gasteiger partial charge in [0.15, 0.2) is 0 Å². The van der Waals surface area contributed by atoms with E-state index in [0.29, 0.717) is 11.3 Å². The van der Waals surface area contributed by atoms with Crippen molar-refractivity contribution in [3.63, 3.8) is 0 Å². The van der Waals surface area contributed by atoms with Gasteiger partial charge in [-0.15, -0.1) is 11.3 Å². The highest BCUT2D eigenvalue weighted by atomic mass is 32.1. The molecule has 2 aromatic heterocycles. The summed E-state index contributed by atoms with van der Waals surface area (Å²) in [5.41, 5.74) is 5.30. The van der Waals surface area contributed by atoms with Crippen molar-refractivity contribution in [2.75, 3.05) is 5.32 Å². The molecule has 170 valence electrons. The number of aryl methyl sites for hydroxylation is 4. The number of aromatic nitrogens is 2. The minimum atomic E-state index is -0.652. The second-order valence-corrected chi connectivity index (χ2v) is 11.5. The first-order valence-corrected chi connectivity index (χ1v) is 12.2. The smallest absolute Gasteiger partial charge is 0.263 e. The maximum Gasteiger partial charge on any atom is 0.263 e. The highest BCUT2D eigenvalue weighted by Gasteiger charge is 2.32. The highest BCUT2D eigenvalue weighted by molar-refractivity contribution is 7.18. The molecule has 1 aliphatic carbocycles. The van der Waals surface area contributed by atoms with Gasteiger partial charge in [-0.1, -0.05) is 38.5 Å². The van der Waals surface area contributed by atoms with Crippen LogP contribution in [0.3, 0.4) is 0 Å². The third-order valence-electron chi connectivity index (χ3n) is 6.94. The molecule has 4 rings (SSSR count). The number of hydrogen-bond acceptors (Lipinski definition) is 4. The number of hydrogen-bond donors (Lipinski definition) is 1. The molecule has 1 amide bonds. The Labute approximate surface area is 193 Å². The third kappa shape index (κ3) is 4.01. The Balaban J connectivity index is 1.66. The van der Waals surface area contributed by atoms with Crippen LogP contribution in [0.4, 0.5) is 5.69 Å². The quantitative estimate of drug-likeness (QED) is 0.553. The minimum absolute atomic E-state index is 0.110. The molecular weight excluding hydrogens is 418 g/mol. The first-order valence-electron chi connectivity index (χ1n) is 11.4. The van der Waals surface area contributed by atoms with Gasteiger partial charge in [0, 0.05) is 10.6 Å². The Kier molecular flexibility index (Phi) is 5.78. The number of benzene rings is 1. The number of rotatable bonds is 3. The molecule has 0 saturated carbocycles. The largest absolute Gasteiger partial charge is 0.324 e. The van der Waals surface area contributed by atoms with Gasteiger partial charge in [0.1, 0.15) is 10.9 Å². The molecule has 1 N–H and O–H groups in total. The van der Waals surface area contributed by atoms with Crippen LogP contribution in [0.5, 0.6) is 0 Å². The van der Waals surface area contributed by atoms with Crippen molar-refractivity contribution >= 4 is 33.1 Å². The monoisotopic (exact) mass is 451 g/mol. The van der Waals surface area contributed by atoms with Crippen molar-refractivity contribution in [1.82, 2.24) is 9.55 Å². The van der Waals surface area contributed by atoms with Gasteiger partial charge in [-0.3, -0.25) is 14.2 Å². The average molecular weight is 452 g/mol. The van der Waals surface area contributed by atoms with Crippen LogP contribution in [0, 0.1) is 32.1 Å². The van der Waals surface area contributed by atoms with E-state index in [-0.39, 0.29) is 16.9 Å². The number of amides is 1. The Morgan fingerprint density at radius 1 is 1.22 bits per heavy atom. The molecule has 2 unspecified atom stereocenters. The SMILES string of the molecule is Cc1cc(C)c(NC(=O)C(C)n2cnc3sc4c(c3c2=O)CCC(C(C)(C)C)C4)c(C)c1. The fraction of sp³-hybridized carbons (Fsp3) is 0.500. The number of nitrogens with one attached hydrogen (secondary N) is 1. The fourth-order valence-corrected chi connectivity index (χ4v) is 6.18. The van der Waals surface area contributed by atoms with Gasteiger partial charge in [0.2, 0.25) is 5.91 Å². The molecule has 2 heterocycles. The lowest BCUT2D eigenvalue weighted by Crippen LogP contribution is -2.32. The summed E-state index contributed by atoms with van der Waals surface area (Å²) in [4.78, 5) is 33.2. The molecule has 0 fully saturated rings. The zero-order chi connectivity index (χ0) is 23.4. The molecule has 0 bridgehead atoms. The molecule has 5 nitrogen and oxygen atoms in total. The summed E-state index contributed by atoms with van der Waals surface area (Å²) in [5, 5.41) is 3.74. The molecule has 1 aromatic carbocycles. The van der Waals surface area contributed by atoms with Gasteiger partial charge in [0.05, 0.1) is 11.7 Å². The number of fused-ring (bicyclic) bond motifs is 3. The molecule has 3 aromatic rings. The van der Waals surface area contributed by atoms with Gasteiger partial charge in [-0.2, -0.15) is 0 Å². The molecule has 0 spiro atoms. The Morgan fingerprint density at radius 3 is 2.50 bits per heavy atom. The van der Waals surface area contributed by atoms with Crippen LogP contribution in [0.25, 0.3) is 10.2 Å². The van der Waals surface area contributed by atoms with Crippen LogP contribution in [0.1, 0.15) is 67.3 Å². The third-order valence-corrected chi connectivity index (χ3v) is 8.10. The Morgan fingerprint density at radius 2 is 1.88 bits per heavy atom.